The summed E-state index contributed by atoms with van der Waals surface area (Å²) < 4.78 is 16.6. The maximum Gasteiger partial charge on any atom is 0.135 e. The second kappa shape index (κ2) is 7.00. The maximum absolute atomic E-state index is 11.3. The van der Waals surface area contributed by atoms with Crippen molar-refractivity contribution in [2.45, 2.75) is 9.79 Å². The predicted molar refractivity (Wildman–Crippen MR) is 88.9 cm³/mol. The Bertz CT molecular complexity index is 621. The van der Waals surface area contributed by atoms with Gasteiger partial charge in [0.05, 0.1) is 21.4 Å². The zero-order valence-corrected chi connectivity index (χ0v) is 13.2. The van der Waals surface area contributed by atoms with Crippen molar-refractivity contribution in [2.24, 2.45) is 0 Å². The first kappa shape index (κ1) is 14.5. The fraction of sp³-hybridized carbons (Fsp3) is 0.250. The van der Waals surface area contributed by atoms with Gasteiger partial charge in [0.15, 0.2) is 0 Å². The predicted octanol–water partition coefficient (Wildman–Crippen LogP) is 3.39. The first-order valence-corrected chi connectivity index (χ1v) is 9.21. The van der Waals surface area contributed by atoms with Crippen LogP contribution in [0.2, 0.25) is 0 Å². The zero-order valence-electron chi connectivity index (χ0n) is 11.6. The number of hydrogen-bond acceptors (Lipinski definition) is 4. The number of para-hydroxylation sites is 2. The van der Waals surface area contributed by atoms with Crippen molar-refractivity contribution >= 4 is 28.2 Å². The Kier molecular flexibility index (Phi) is 4.83. The number of nitrogens with one attached hydrogen (secondary N) is 1. The third kappa shape index (κ3) is 3.60. The highest BCUT2D eigenvalue weighted by Crippen LogP contribution is 2.29. The molecule has 0 saturated heterocycles. The second-order valence-electron chi connectivity index (χ2n) is 4.62. The smallest absolute Gasteiger partial charge is 0.135 e. The summed E-state index contributed by atoms with van der Waals surface area (Å²) in [6.07, 6.45) is 0. The molecule has 2 heterocycles. The SMILES string of the molecule is O=S1CCOc2ccccc21.c1ccc2c(c1)NCCS2. The van der Waals surface area contributed by atoms with Gasteiger partial charge < -0.3 is 10.1 Å². The van der Waals surface area contributed by atoms with Gasteiger partial charge in [0.25, 0.3) is 0 Å². The Labute approximate surface area is 131 Å². The van der Waals surface area contributed by atoms with Crippen LogP contribution in [0.5, 0.6) is 5.75 Å². The average Bonchev–Trinajstić information content (AvgIpc) is 2.56. The standard InChI is InChI=1S/C8H9NS.C8H8O2S/c1-2-4-8-7(3-1)9-5-6-10-8;9-11-6-5-10-7-3-1-2-4-8(7)11/h1-4,9H,5-6H2;1-4H,5-6H2. The molecular formula is C16H17NO2S2. The van der Waals surface area contributed by atoms with E-state index in [2.05, 4.69) is 29.6 Å². The van der Waals surface area contributed by atoms with Crippen LogP contribution in [0.4, 0.5) is 5.69 Å². The third-order valence-electron chi connectivity index (χ3n) is 3.18. The lowest BCUT2D eigenvalue weighted by atomic mass is 10.3. The molecule has 1 N–H and O–H groups in total. The Balaban J connectivity index is 0.000000126. The fourth-order valence-electron chi connectivity index (χ4n) is 2.18. The van der Waals surface area contributed by atoms with E-state index in [0.29, 0.717) is 12.4 Å². The summed E-state index contributed by atoms with van der Waals surface area (Å²) in [4.78, 5) is 2.22. The highest BCUT2D eigenvalue weighted by Gasteiger charge is 2.15. The molecule has 2 aromatic carbocycles. The van der Waals surface area contributed by atoms with E-state index in [9.17, 15) is 4.21 Å². The van der Waals surface area contributed by atoms with Crippen LogP contribution in [-0.2, 0) is 10.8 Å². The van der Waals surface area contributed by atoms with E-state index in [1.165, 1.54) is 16.3 Å². The summed E-state index contributed by atoms with van der Waals surface area (Å²) in [5, 5.41) is 3.34. The van der Waals surface area contributed by atoms with E-state index in [4.69, 9.17) is 4.74 Å². The molecule has 0 spiro atoms. The lowest BCUT2D eigenvalue weighted by molar-refractivity contribution is 0.327. The largest absolute Gasteiger partial charge is 0.491 e. The molecule has 4 rings (SSSR count). The third-order valence-corrected chi connectivity index (χ3v) is 5.62. The van der Waals surface area contributed by atoms with Crippen LogP contribution in [0.25, 0.3) is 0 Å². The number of fused-ring (bicyclic) bond motifs is 2. The normalized spacial score (nSPS) is 19.0. The number of benzene rings is 2. The van der Waals surface area contributed by atoms with Crippen LogP contribution in [0.15, 0.2) is 58.3 Å². The highest BCUT2D eigenvalue weighted by atomic mass is 32.2. The van der Waals surface area contributed by atoms with Crippen molar-refractivity contribution in [3.8, 4) is 5.75 Å². The monoisotopic (exact) mass is 319 g/mol. The second-order valence-corrected chi connectivity index (χ2v) is 7.29. The molecule has 2 aromatic rings. The van der Waals surface area contributed by atoms with Gasteiger partial charge in [-0.1, -0.05) is 24.3 Å². The number of ether oxygens (including phenoxy) is 1. The molecule has 0 bridgehead atoms. The molecule has 5 heteroatoms. The molecular weight excluding hydrogens is 302 g/mol. The van der Waals surface area contributed by atoms with Gasteiger partial charge >= 0.3 is 0 Å². The Morgan fingerprint density at radius 2 is 1.90 bits per heavy atom. The highest BCUT2D eigenvalue weighted by molar-refractivity contribution is 7.99. The number of rotatable bonds is 0. The number of hydrogen-bond donors (Lipinski definition) is 1. The maximum atomic E-state index is 11.3. The van der Waals surface area contributed by atoms with Crippen LogP contribution < -0.4 is 10.1 Å². The van der Waals surface area contributed by atoms with Gasteiger partial charge in [-0.15, -0.1) is 11.8 Å². The molecule has 3 nitrogen and oxygen atoms in total. The Morgan fingerprint density at radius 1 is 1.10 bits per heavy atom. The molecule has 0 aromatic heterocycles. The van der Waals surface area contributed by atoms with Gasteiger partial charge in [-0.05, 0) is 24.3 Å². The summed E-state index contributed by atoms with van der Waals surface area (Å²) >= 11 is 1.93. The minimum atomic E-state index is -0.840. The molecule has 2 aliphatic rings. The van der Waals surface area contributed by atoms with Crippen LogP contribution in [0.3, 0.4) is 0 Å². The quantitative estimate of drug-likeness (QED) is 0.808. The van der Waals surface area contributed by atoms with Crippen LogP contribution in [0.1, 0.15) is 0 Å². The van der Waals surface area contributed by atoms with Crippen LogP contribution in [-0.4, -0.2) is 28.9 Å². The van der Waals surface area contributed by atoms with E-state index in [1.54, 1.807) is 0 Å². The van der Waals surface area contributed by atoms with Gasteiger partial charge in [-0.2, -0.15) is 0 Å². The van der Waals surface area contributed by atoms with Crippen molar-refractivity contribution in [1.82, 2.24) is 0 Å². The van der Waals surface area contributed by atoms with E-state index < -0.39 is 10.8 Å². The van der Waals surface area contributed by atoms with E-state index in [1.807, 2.05) is 36.0 Å². The van der Waals surface area contributed by atoms with E-state index in [-0.39, 0.29) is 0 Å². The summed E-state index contributed by atoms with van der Waals surface area (Å²) in [5.41, 5.74) is 1.29. The molecule has 110 valence electrons. The molecule has 0 saturated carbocycles. The average molecular weight is 319 g/mol. The molecule has 0 aliphatic carbocycles. The summed E-state index contributed by atoms with van der Waals surface area (Å²) in [7, 11) is -0.840. The molecule has 2 aliphatic heterocycles. The van der Waals surface area contributed by atoms with Crippen molar-refractivity contribution < 1.29 is 8.95 Å². The van der Waals surface area contributed by atoms with Gasteiger partial charge in [0, 0.05) is 22.9 Å². The van der Waals surface area contributed by atoms with Crippen molar-refractivity contribution in [2.75, 3.05) is 30.0 Å². The van der Waals surface area contributed by atoms with Crippen LogP contribution >= 0.6 is 11.8 Å². The molecule has 0 fully saturated rings. The molecule has 0 radical (unpaired) electrons. The van der Waals surface area contributed by atoms with Crippen molar-refractivity contribution in [3.63, 3.8) is 0 Å². The molecule has 1 atom stereocenters. The molecule has 1 unspecified atom stereocenters. The first-order valence-electron chi connectivity index (χ1n) is 6.90. The zero-order chi connectivity index (χ0) is 14.5. The van der Waals surface area contributed by atoms with E-state index in [0.717, 1.165) is 17.2 Å². The van der Waals surface area contributed by atoms with Gasteiger partial charge in [-0.3, -0.25) is 4.21 Å². The van der Waals surface area contributed by atoms with Crippen LogP contribution in [0, 0.1) is 0 Å². The summed E-state index contributed by atoms with van der Waals surface area (Å²) in [6.45, 7) is 1.67. The Morgan fingerprint density at radius 3 is 2.76 bits per heavy atom. The minimum absolute atomic E-state index is 0.573. The van der Waals surface area contributed by atoms with E-state index >= 15 is 0 Å². The Hall–Kier alpha value is -1.46. The summed E-state index contributed by atoms with van der Waals surface area (Å²) in [5.74, 6) is 2.59. The van der Waals surface area contributed by atoms with Gasteiger partial charge in [0.1, 0.15) is 12.4 Å². The van der Waals surface area contributed by atoms with Crippen molar-refractivity contribution in [3.05, 3.63) is 48.5 Å². The van der Waals surface area contributed by atoms with Gasteiger partial charge in [-0.25, -0.2) is 0 Å². The molecule has 0 amide bonds. The lowest BCUT2D eigenvalue weighted by Crippen LogP contribution is -2.15. The topological polar surface area (TPSA) is 38.3 Å². The minimum Gasteiger partial charge on any atom is -0.491 e. The first-order chi connectivity index (χ1) is 10.3. The summed E-state index contributed by atoms with van der Waals surface area (Å²) in [6, 6.07) is 15.9. The fourth-order valence-corrected chi connectivity index (χ4v) is 4.11. The lowest BCUT2D eigenvalue weighted by Gasteiger charge is -2.16. The number of thioether (sulfide) groups is 1. The molecule has 21 heavy (non-hydrogen) atoms. The number of anilines is 1. The van der Waals surface area contributed by atoms with Crippen molar-refractivity contribution in [1.29, 1.82) is 0 Å². The van der Waals surface area contributed by atoms with Gasteiger partial charge in [0.2, 0.25) is 0 Å².